The number of ether oxygens (including phenoxy) is 3. The van der Waals surface area contributed by atoms with Crippen LogP contribution in [0.2, 0.25) is 0 Å². The lowest BCUT2D eigenvalue weighted by Gasteiger charge is -2.50. The van der Waals surface area contributed by atoms with Crippen molar-refractivity contribution in [2.24, 2.45) is 21.7 Å². The molecule has 0 spiro atoms. The fourth-order valence-electron chi connectivity index (χ4n) is 5.69. The molecule has 226 valence electrons. The molecule has 0 aliphatic heterocycles. The van der Waals surface area contributed by atoms with Gasteiger partial charge in [-0.25, -0.2) is 0 Å². The van der Waals surface area contributed by atoms with Gasteiger partial charge in [-0.3, -0.25) is 14.4 Å². The quantitative estimate of drug-likeness (QED) is 0.0955. The van der Waals surface area contributed by atoms with Gasteiger partial charge < -0.3 is 19.3 Å². The van der Waals surface area contributed by atoms with Gasteiger partial charge >= 0.3 is 17.9 Å². The average Bonchev–Trinajstić information content (AvgIpc) is 2.87. The molecule has 1 aromatic rings. The van der Waals surface area contributed by atoms with Crippen molar-refractivity contribution in [1.82, 2.24) is 0 Å². The van der Waals surface area contributed by atoms with Crippen LogP contribution in [0.25, 0.3) is 0 Å². The van der Waals surface area contributed by atoms with Gasteiger partial charge in [0.25, 0.3) is 0 Å². The van der Waals surface area contributed by atoms with E-state index in [1.807, 2.05) is 65.0 Å². The van der Waals surface area contributed by atoms with Crippen LogP contribution in [-0.2, 0) is 28.6 Å². The van der Waals surface area contributed by atoms with Crippen LogP contribution in [-0.4, -0.2) is 54.3 Å². The van der Waals surface area contributed by atoms with Crippen LogP contribution < -0.4 is 0 Å². The van der Waals surface area contributed by atoms with Gasteiger partial charge in [0, 0.05) is 0 Å². The Morgan fingerprint density at radius 3 is 2.00 bits per heavy atom. The minimum absolute atomic E-state index is 0.0587. The Bertz CT molecular complexity index is 1010. The van der Waals surface area contributed by atoms with E-state index in [0.29, 0.717) is 19.3 Å². The predicted molar refractivity (Wildman–Crippen MR) is 161 cm³/mol. The summed E-state index contributed by atoms with van der Waals surface area (Å²) in [4.78, 5) is 39.4. The molecule has 0 heterocycles. The zero-order valence-corrected chi connectivity index (χ0v) is 27.4. The Hall–Kier alpha value is -2.19. The number of halogens is 1. The van der Waals surface area contributed by atoms with E-state index in [-0.39, 0.29) is 37.7 Å². The summed E-state index contributed by atoms with van der Waals surface area (Å²) in [6.07, 6.45) is 2.67. The predicted octanol–water partition coefficient (Wildman–Crippen LogP) is 6.62. The van der Waals surface area contributed by atoms with Crippen molar-refractivity contribution in [1.29, 1.82) is 0 Å². The van der Waals surface area contributed by atoms with Gasteiger partial charge in [-0.2, -0.15) is 0 Å². The highest BCUT2D eigenvalue weighted by molar-refractivity contribution is 9.10. The maximum atomic E-state index is 13.6. The first-order chi connectivity index (χ1) is 18.3. The van der Waals surface area contributed by atoms with Gasteiger partial charge in [0.1, 0.15) is 17.5 Å². The highest BCUT2D eigenvalue weighted by Crippen LogP contribution is 2.57. The normalized spacial score (nSPS) is 16.2. The summed E-state index contributed by atoms with van der Waals surface area (Å²) >= 11 is 3.57. The Kier molecular flexibility index (Phi) is 12.7. The van der Waals surface area contributed by atoms with E-state index in [1.165, 1.54) is 13.2 Å². The van der Waals surface area contributed by atoms with Crippen LogP contribution in [0.1, 0.15) is 86.1 Å². The average molecular weight is 626 g/mol. The van der Waals surface area contributed by atoms with Gasteiger partial charge in [0.2, 0.25) is 0 Å². The Labute approximate surface area is 249 Å². The zero-order valence-electron chi connectivity index (χ0n) is 25.8. The lowest BCUT2D eigenvalue weighted by Crippen LogP contribution is -2.50. The molecule has 0 aromatic heterocycles. The number of benzene rings is 1. The fourth-order valence-corrected chi connectivity index (χ4v) is 6.50. The Morgan fingerprint density at radius 1 is 0.925 bits per heavy atom. The summed E-state index contributed by atoms with van der Waals surface area (Å²) in [6.45, 7) is 18.8. The lowest BCUT2D eigenvalue weighted by atomic mass is 9.54. The van der Waals surface area contributed by atoms with Crippen LogP contribution in [0, 0.1) is 21.7 Å². The van der Waals surface area contributed by atoms with Crippen molar-refractivity contribution in [3.63, 3.8) is 0 Å². The summed E-state index contributed by atoms with van der Waals surface area (Å²) in [5, 5.41) is 9.15. The van der Waals surface area contributed by atoms with Crippen LogP contribution >= 0.6 is 15.9 Å². The summed E-state index contributed by atoms with van der Waals surface area (Å²) in [5.74, 6) is -1.33. The van der Waals surface area contributed by atoms with E-state index in [1.54, 1.807) is 6.92 Å². The SMILES string of the molecule is C=CCOC(=O)C(C)(Br)CC(C)(C)C(C)(CC(C)(C)C(CC(C)(C)C(=O)OCCO)c1ccccc1)C(=O)OC. The zero-order chi connectivity index (χ0) is 31.0. The first-order valence-electron chi connectivity index (χ1n) is 13.7. The second-order valence-corrected chi connectivity index (χ2v) is 14.8. The van der Waals surface area contributed by atoms with E-state index < -0.39 is 32.0 Å². The molecule has 0 radical (unpaired) electrons. The van der Waals surface area contributed by atoms with Crippen molar-refractivity contribution < 1.29 is 33.7 Å². The molecule has 3 unspecified atom stereocenters. The standard InChI is InChI=1S/C32H49BrO7/c1-11-18-39-27(37)32(9,33)22-30(6,7)31(8,26(36)38-10)21-29(4,5)24(23-15-13-12-14-16-23)20-28(2,3)25(35)40-19-17-34/h11-16,24,34H,1,17-22H2,2-10H3. The molecule has 3 atom stereocenters. The third-order valence-electron chi connectivity index (χ3n) is 8.21. The van der Waals surface area contributed by atoms with E-state index in [4.69, 9.17) is 19.3 Å². The molecule has 0 fully saturated rings. The van der Waals surface area contributed by atoms with Gasteiger partial charge in [-0.15, -0.1) is 0 Å². The molecule has 0 bridgehead atoms. The largest absolute Gasteiger partial charge is 0.469 e. The second kappa shape index (κ2) is 14.1. The monoisotopic (exact) mass is 624 g/mol. The molecule has 0 amide bonds. The van der Waals surface area contributed by atoms with E-state index in [0.717, 1.165) is 5.56 Å². The number of hydrogen-bond acceptors (Lipinski definition) is 7. The van der Waals surface area contributed by atoms with Crippen molar-refractivity contribution in [3.8, 4) is 0 Å². The Morgan fingerprint density at radius 2 is 1.50 bits per heavy atom. The summed E-state index contributed by atoms with van der Waals surface area (Å²) < 4.78 is 15.0. The summed E-state index contributed by atoms with van der Waals surface area (Å²) in [5.41, 5.74) is -2.07. The third kappa shape index (κ3) is 8.90. The van der Waals surface area contributed by atoms with Gasteiger partial charge in [-0.05, 0) is 69.3 Å². The number of rotatable bonds is 16. The van der Waals surface area contributed by atoms with E-state index >= 15 is 0 Å². The highest BCUT2D eigenvalue weighted by Gasteiger charge is 2.55. The van der Waals surface area contributed by atoms with Gasteiger partial charge in [0.05, 0.1) is 24.5 Å². The molecule has 0 saturated heterocycles. The second-order valence-electron chi connectivity index (χ2n) is 13.0. The number of aliphatic hydroxyl groups is 1. The number of aliphatic hydroxyl groups excluding tert-OH is 1. The summed E-state index contributed by atoms with van der Waals surface area (Å²) in [7, 11) is 1.38. The smallest absolute Gasteiger partial charge is 0.322 e. The number of carbonyl (C=O) groups excluding carboxylic acids is 3. The number of methoxy groups -OCH3 is 1. The van der Waals surface area contributed by atoms with Crippen LogP contribution in [0.15, 0.2) is 43.0 Å². The van der Waals surface area contributed by atoms with Crippen molar-refractivity contribution >= 4 is 33.8 Å². The van der Waals surface area contributed by atoms with Crippen molar-refractivity contribution in [2.75, 3.05) is 26.9 Å². The first kappa shape index (κ1) is 35.8. The maximum Gasteiger partial charge on any atom is 0.322 e. The molecule has 0 aliphatic carbocycles. The van der Waals surface area contributed by atoms with Crippen LogP contribution in [0.4, 0.5) is 0 Å². The molecule has 40 heavy (non-hydrogen) atoms. The number of esters is 3. The summed E-state index contributed by atoms with van der Waals surface area (Å²) in [6, 6.07) is 9.94. The maximum absolute atomic E-state index is 13.6. The molecule has 8 heteroatoms. The number of carbonyl (C=O) groups is 3. The molecule has 0 saturated carbocycles. The molecule has 0 aliphatic rings. The lowest BCUT2D eigenvalue weighted by molar-refractivity contribution is -0.166. The topological polar surface area (TPSA) is 99.1 Å². The fraction of sp³-hybridized carbons (Fsp3) is 0.656. The van der Waals surface area contributed by atoms with Gasteiger partial charge in [0.15, 0.2) is 0 Å². The number of hydrogen-bond donors (Lipinski definition) is 1. The Balaban J connectivity index is 3.56. The minimum Gasteiger partial charge on any atom is -0.469 e. The van der Waals surface area contributed by atoms with E-state index in [9.17, 15) is 14.4 Å². The molecule has 1 rings (SSSR count). The van der Waals surface area contributed by atoms with Crippen molar-refractivity contribution in [3.05, 3.63) is 48.6 Å². The van der Waals surface area contributed by atoms with E-state index in [2.05, 4.69) is 36.4 Å². The molecular weight excluding hydrogens is 576 g/mol. The van der Waals surface area contributed by atoms with Crippen LogP contribution in [0.3, 0.4) is 0 Å². The molecule has 7 nitrogen and oxygen atoms in total. The highest BCUT2D eigenvalue weighted by atomic mass is 79.9. The molecule has 1 N–H and O–H groups in total. The first-order valence-corrected chi connectivity index (χ1v) is 14.5. The van der Waals surface area contributed by atoms with Gasteiger partial charge in [-0.1, -0.05) is 86.6 Å². The number of alkyl halides is 1. The van der Waals surface area contributed by atoms with Crippen LogP contribution in [0.5, 0.6) is 0 Å². The molecule has 1 aromatic carbocycles. The minimum atomic E-state index is -1.05. The van der Waals surface area contributed by atoms with Crippen molar-refractivity contribution in [2.45, 2.75) is 84.9 Å². The third-order valence-corrected chi connectivity index (χ3v) is 8.81. The molecular formula is C32H49BrO7.